The second kappa shape index (κ2) is 6.93. The van der Waals surface area contributed by atoms with Gasteiger partial charge in [-0.2, -0.15) is 11.8 Å². The van der Waals surface area contributed by atoms with Crippen LogP contribution in [-0.4, -0.2) is 24.0 Å². The van der Waals surface area contributed by atoms with Crippen molar-refractivity contribution in [1.29, 1.82) is 0 Å². The molecule has 0 aromatic carbocycles. The van der Waals surface area contributed by atoms with Gasteiger partial charge in [0.25, 0.3) is 0 Å². The van der Waals surface area contributed by atoms with Crippen LogP contribution in [0.2, 0.25) is 0 Å². The second-order valence-electron chi connectivity index (χ2n) is 1.99. The first-order valence-electron chi connectivity index (χ1n) is 3.65. The fourth-order valence-corrected chi connectivity index (χ4v) is 1.00. The van der Waals surface area contributed by atoms with Crippen molar-refractivity contribution < 1.29 is 4.79 Å². The molecule has 0 saturated heterocycles. The van der Waals surface area contributed by atoms with E-state index in [1.807, 2.05) is 6.92 Å². The predicted molar refractivity (Wildman–Crippen MR) is 46.3 cm³/mol. The quantitative estimate of drug-likeness (QED) is 0.658. The first kappa shape index (κ1) is 9.82. The van der Waals surface area contributed by atoms with Crippen molar-refractivity contribution in [3.63, 3.8) is 0 Å². The molecule has 1 amide bonds. The van der Waals surface area contributed by atoms with E-state index in [2.05, 4.69) is 12.2 Å². The van der Waals surface area contributed by atoms with Gasteiger partial charge in [0.2, 0.25) is 5.91 Å². The number of amides is 1. The summed E-state index contributed by atoms with van der Waals surface area (Å²) >= 11 is 1.65. The molecule has 60 valence electrons. The molecule has 0 aromatic heterocycles. The lowest BCUT2D eigenvalue weighted by Gasteiger charge is -2.00. The Morgan fingerprint density at radius 3 is 2.70 bits per heavy atom. The molecule has 1 N–H and O–H groups in total. The third kappa shape index (κ3) is 5.95. The van der Waals surface area contributed by atoms with Crippen LogP contribution in [0, 0.1) is 0 Å². The molecule has 0 fully saturated rings. The fraction of sp³-hybridized carbons (Fsp3) is 0.857. The maximum absolute atomic E-state index is 10.8. The number of hydrogen-bond acceptors (Lipinski definition) is 2. The van der Waals surface area contributed by atoms with E-state index in [1.54, 1.807) is 11.8 Å². The van der Waals surface area contributed by atoms with Gasteiger partial charge in [-0.15, -0.1) is 0 Å². The number of nitrogens with one attached hydrogen (secondary N) is 1. The van der Waals surface area contributed by atoms with Crippen LogP contribution < -0.4 is 5.32 Å². The van der Waals surface area contributed by atoms with Crippen LogP contribution in [0.1, 0.15) is 20.3 Å². The number of thioether (sulfide) groups is 1. The minimum atomic E-state index is 0.161. The summed E-state index contributed by atoms with van der Waals surface area (Å²) in [6, 6.07) is 0. The first-order chi connectivity index (χ1) is 4.81. The minimum Gasteiger partial charge on any atom is -0.355 e. The highest BCUT2D eigenvalue weighted by molar-refractivity contribution is 7.99. The molecule has 0 heterocycles. The predicted octanol–water partition coefficient (Wildman–Crippen LogP) is 1.27. The summed E-state index contributed by atoms with van der Waals surface area (Å²) in [5.74, 6) is 1.78. The summed E-state index contributed by atoms with van der Waals surface area (Å²) < 4.78 is 0. The lowest BCUT2D eigenvalue weighted by Crippen LogP contribution is -2.25. The zero-order valence-corrected chi connectivity index (χ0v) is 7.46. The Morgan fingerprint density at radius 1 is 1.50 bits per heavy atom. The van der Waals surface area contributed by atoms with Crippen LogP contribution in [0.3, 0.4) is 0 Å². The first-order valence-corrected chi connectivity index (χ1v) is 4.81. The molecular formula is C7H15NOS. The zero-order valence-electron chi connectivity index (χ0n) is 6.64. The van der Waals surface area contributed by atoms with Gasteiger partial charge in [-0.25, -0.2) is 0 Å². The van der Waals surface area contributed by atoms with Gasteiger partial charge in [0.1, 0.15) is 0 Å². The third-order valence-corrected chi connectivity index (χ3v) is 1.88. The summed E-state index contributed by atoms with van der Waals surface area (Å²) in [6.07, 6.45) is 1.02. The number of hydrogen-bond donors (Lipinski definition) is 1. The number of carbonyl (C=O) groups excluding carboxylic acids is 1. The lowest BCUT2D eigenvalue weighted by atomic mass is 10.5. The van der Waals surface area contributed by atoms with E-state index >= 15 is 0 Å². The standard InChI is InChI=1S/C7H15NOS/c1-3-5-8-7(9)6-10-4-2/h3-6H2,1-2H3,(H,8,9). The Kier molecular flexibility index (Phi) is 6.81. The number of rotatable bonds is 5. The Bertz CT molecular complexity index is 85.6. The Balaban J connectivity index is 3.09. The van der Waals surface area contributed by atoms with E-state index < -0.39 is 0 Å². The van der Waals surface area contributed by atoms with Gasteiger partial charge < -0.3 is 5.32 Å². The highest BCUT2D eigenvalue weighted by atomic mass is 32.2. The van der Waals surface area contributed by atoms with Gasteiger partial charge in [-0.3, -0.25) is 4.79 Å². The van der Waals surface area contributed by atoms with Crippen LogP contribution in [0.25, 0.3) is 0 Å². The van der Waals surface area contributed by atoms with E-state index in [0.29, 0.717) is 5.75 Å². The molecule has 10 heavy (non-hydrogen) atoms. The van der Waals surface area contributed by atoms with Gasteiger partial charge >= 0.3 is 0 Å². The summed E-state index contributed by atoms with van der Waals surface area (Å²) in [5, 5.41) is 2.81. The molecular weight excluding hydrogens is 146 g/mol. The minimum absolute atomic E-state index is 0.161. The molecule has 0 aliphatic rings. The molecule has 2 nitrogen and oxygen atoms in total. The van der Waals surface area contributed by atoms with E-state index in [0.717, 1.165) is 18.7 Å². The molecule has 0 saturated carbocycles. The number of carbonyl (C=O) groups is 1. The maximum atomic E-state index is 10.8. The molecule has 0 spiro atoms. The Labute approximate surface area is 66.8 Å². The van der Waals surface area contributed by atoms with Crippen molar-refractivity contribution in [2.45, 2.75) is 20.3 Å². The van der Waals surface area contributed by atoms with Crippen LogP contribution in [0.15, 0.2) is 0 Å². The molecule has 0 aliphatic heterocycles. The van der Waals surface area contributed by atoms with Gasteiger partial charge in [0.05, 0.1) is 5.75 Å². The summed E-state index contributed by atoms with van der Waals surface area (Å²) in [4.78, 5) is 10.8. The van der Waals surface area contributed by atoms with Crippen molar-refractivity contribution >= 4 is 17.7 Å². The monoisotopic (exact) mass is 161 g/mol. The summed E-state index contributed by atoms with van der Waals surface area (Å²) in [5.41, 5.74) is 0. The third-order valence-electron chi connectivity index (χ3n) is 1.01. The van der Waals surface area contributed by atoms with Gasteiger partial charge in [-0.1, -0.05) is 13.8 Å². The van der Waals surface area contributed by atoms with Crippen molar-refractivity contribution in [1.82, 2.24) is 5.32 Å². The summed E-state index contributed by atoms with van der Waals surface area (Å²) in [7, 11) is 0. The topological polar surface area (TPSA) is 29.1 Å². The molecule has 0 rings (SSSR count). The summed E-state index contributed by atoms with van der Waals surface area (Å²) in [6.45, 7) is 4.91. The van der Waals surface area contributed by atoms with Crippen LogP contribution in [-0.2, 0) is 4.79 Å². The average Bonchev–Trinajstić information content (AvgIpc) is 1.97. The lowest BCUT2D eigenvalue weighted by molar-refractivity contribution is -0.118. The van der Waals surface area contributed by atoms with Gasteiger partial charge in [0.15, 0.2) is 0 Å². The maximum Gasteiger partial charge on any atom is 0.229 e. The van der Waals surface area contributed by atoms with Gasteiger partial charge in [-0.05, 0) is 12.2 Å². The molecule has 0 bridgehead atoms. The normalized spacial score (nSPS) is 9.40. The van der Waals surface area contributed by atoms with Crippen molar-refractivity contribution in [3.05, 3.63) is 0 Å². The van der Waals surface area contributed by atoms with Crippen LogP contribution in [0.5, 0.6) is 0 Å². The van der Waals surface area contributed by atoms with Crippen LogP contribution in [0.4, 0.5) is 0 Å². The molecule has 0 aliphatic carbocycles. The molecule has 0 radical (unpaired) electrons. The van der Waals surface area contributed by atoms with E-state index in [9.17, 15) is 4.79 Å². The Morgan fingerprint density at radius 2 is 2.20 bits per heavy atom. The van der Waals surface area contributed by atoms with Crippen LogP contribution >= 0.6 is 11.8 Å². The highest BCUT2D eigenvalue weighted by Crippen LogP contribution is 1.95. The fourth-order valence-electron chi connectivity index (χ4n) is 0.510. The largest absolute Gasteiger partial charge is 0.355 e. The average molecular weight is 161 g/mol. The van der Waals surface area contributed by atoms with E-state index in [4.69, 9.17) is 0 Å². The molecule has 3 heteroatoms. The molecule has 0 aromatic rings. The van der Waals surface area contributed by atoms with E-state index in [-0.39, 0.29) is 5.91 Å². The highest BCUT2D eigenvalue weighted by Gasteiger charge is 1.96. The smallest absolute Gasteiger partial charge is 0.229 e. The van der Waals surface area contributed by atoms with Crippen molar-refractivity contribution in [2.75, 3.05) is 18.1 Å². The van der Waals surface area contributed by atoms with Gasteiger partial charge in [0, 0.05) is 6.54 Å². The zero-order chi connectivity index (χ0) is 7.82. The Hall–Kier alpha value is -0.180. The molecule has 0 unspecified atom stereocenters. The SMILES string of the molecule is CCCNC(=O)CSCC. The molecule has 0 atom stereocenters. The van der Waals surface area contributed by atoms with Crippen molar-refractivity contribution in [3.8, 4) is 0 Å². The second-order valence-corrected chi connectivity index (χ2v) is 3.26. The van der Waals surface area contributed by atoms with Crippen molar-refractivity contribution in [2.24, 2.45) is 0 Å². The van der Waals surface area contributed by atoms with E-state index in [1.165, 1.54) is 0 Å².